The molecule has 0 amide bonds. The molecule has 0 aliphatic heterocycles. The van der Waals surface area contributed by atoms with Crippen LogP contribution in [0.3, 0.4) is 0 Å². The largest absolute Gasteiger partial charge is 0.495 e. The third-order valence-corrected chi connectivity index (χ3v) is 2.17. The minimum Gasteiger partial charge on any atom is -0.495 e. The molecule has 0 heterocycles. The predicted molar refractivity (Wildman–Crippen MR) is 52.1 cm³/mol. The lowest BCUT2D eigenvalue weighted by Gasteiger charge is -2.06. The van der Waals surface area contributed by atoms with E-state index in [4.69, 9.17) is 21.6 Å². The Balaban J connectivity index is 3.28. The second kappa shape index (κ2) is 4.15. The minimum atomic E-state index is 0.483. The maximum Gasteiger partial charge on any atom is 0.137 e. The van der Waals surface area contributed by atoms with Crippen molar-refractivity contribution in [3.63, 3.8) is 0 Å². The smallest absolute Gasteiger partial charge is 0.137 e. The normalized spacial score (nSPS) is 9.38. The maximum atomic E-state index is 8.79. The van der Waals surface area contributed by atoms with Crippen LogP contribution >= 0.6 is 11.6 Å². The zero-order valence-electron chi connectivity index (χ0n) is 7.60. The van der Waals surface area contributed by atoms with Crippen molar-refractivity contribution in [2.24, 2.45) is 0 Å². The Kier molecular flexibility index (Phi) is 3.16. The zero-order chi connectivity index (χ0) is 9.84. The molecule has 0 radical (unpaired) electrons. The van der Waals surface area contributed by atoms with E-state index >= 15 is 0 Å². The molecule has 1 aromatic carbocycles. The second-order valence-electron chi connectivity index (χ2n) is 2.61. The molecule has 0 spiro atoms. The van der Waals surface area contributed by atoms with Gasteiger partial charge in [0.2, 0.25) is 0 Å². The molecule has 0 aliphatic carbocycles. The molecule has 1 aromatic rings. The van der Waals surface area contributed by atoms with E-state index < -0.39 is 0 Å². The second-order valence-corrected chi connectivity index (χ2v) is 3.02. The van der Waals surface area contributed by atoms with E-state index in [0.717, 1.165) is 12.0 Å². The van der Waals surface area contributed by atoms with Crippen LogP contribution in [0.5, 0.6) is 5.75 Å². The number of hydrogen-bond acceptors (Lipinski definition) is 2. The highest BCUT2D eigenvalue weighted by Crippen LogP contribution is 2.27. The van der Waals surface area contributed by atoms with Gasteiger partial charge in [-0.2, -0.15) is 5.26 Å². The molecule has 13 heavy (non-hydrogen) atoms. The van der Waals surface area contributed by atoms with Gasteiger partial charge in [0.25, 0.3) is 0 Å². The van der Waals surface area contributed by atoms with E-state index in [-0.39, 0.29) is 0 Å². The van der Waals surface area contributed by atoms with Gasteiger partial charge in [-0.05, 0) is 24.1 Å². The lowest BCUT2D eigenvalue weighted by Crippen LogP contribution is -1.91. The summed E-state index contributed by atoms with van der Waals surface area (Å²) >= 11 is 5.86. The molecule has 1 rings (SSSR count). The third-order valence-electron chi connectivity index (χ3n) is 1.88. The topological polar surface area (TPSA) is 33.0 Å². The van der Waals surface area contributed by atoms with Crippen molar-refractivity contribution < 1.29 is 4.74 Å². The standard InChI is InChI=1S/C10H10ClNO/c1-3-7-5-10(13-2)9(11)4-8(7)6-12/h4-5H,3H2,1-2H3. The molecule has 3 heteroatoms. The first-order valence-electron chi connectivity index (χ1n) is 3.99. The summed E-state index contributed by atoms with van der Waals surface area (Å²) in [6.07, 6.45) is 0.802. The molecule has 0 saturated heterocycles. The van der Waals surface area contributed by atoms with Gasteiger partial charge in [0.15, 0.2) is 0 Å². The fourth-order valence-corrected chi connectivity index (χ4v) is 1.39. The highest BCUT2D eigenvalue weighted by Gasteiger charge is 2.06. The maximum absolute atomic E-state index is 8.79. The number of hydrogen-bond donors (Lipinski definition) is 0. The van der Waals surface area contributed by atoms with Crippen LogP contribution in [0.15, 0.2) is 12.1 Å². The Morgan fingerprint density at radius 3 is 2.69 bits per heavy atom. The van der Waals surface area contributed by atoms with Gasteiger partial charge in [0.05, 0.1) is 23.8 Å². The van der Waals surface area contributed by atoms with E-state index in [2.05, 4.69) is 6.07 Å². The van der Waals surface area contributed by atoms with E-state index in [1.807, 2.05) is 6.92 Å². The highest BCUT2D eigenvalue weighted by atomic mass is 35.5. The SMILES string of the molecule is CCc1cc(OC)c(Cl)cc1C#N. The third kappa shape index (κ3) is 1.93. The fraction of sp³-hybridized carbons (Fsp3) is 0.300. The molecule has 0 aliphatic rings. The molecule has 0 bridgehead atoms. The van der Waals surface area contributed by atoms with Crippen LogP contribution in [0, 0.1) is 11.3 Å². The summed E-state index contributed by atoms with van der Waals surface area (Å²) in [5.74, 6) is 0.623. The van der Waals surface area contributed by atoms with Crippen LogP contribution in [0.2, 0.25) is 5.02 Å². The van der Waals surface area contributed by atoms with Gasteiger partial charge in [0, 0.05) is 0 Å². The van der Waals surface area contributed by atoms with Crippen molar-refractivity contribution in [1.82, 2.24) is 0 Å². The van der Waals surface area contributed by atoms with Crippen LogP contribution in [0.1, 0.15) is 18.1 Å². The first-order chi connectivity index (χ1) is 6.22. The van der Waals surface area contributed by atoms with Crippen LogP contribution in [0.4, 0.5) is 0 Å². The molecule has 0 unspecified atom stereocenters. The summed E-state index contributed by atoms with van der Waals surface area (Å²) in [6, 6.07) is 5.54. The lowest BCUT2D eigenvalue weighted by atomic mass is 10.1. The molecule has 0 aromatic heterocycles. The zero-order valence-corrected chi connectivity index (χ0v) is 8.35. The Morgan fingerprint density at radius 1 is 1.54 bits per heavy atom. The van der Waals surface area contributed by atoms with Gasteiger partial charge < -0.3 is 4.74 Å². The van der Waals surface area contributed by atoms with Crippen LogP contribution in [0.25, 0.3) is 0 Å². The Labute approximate surface area is 82.7 Å². The number of nitriles is 1. The van der Waals surface area contributed by atoms with Crippen molar-refractivity contribution in [2.45, 2.75) is 13.3 Å². The number of methoxy groups -OCH3 is 1. The van der Waals surface area contributed by atoms with Gasteiger partial charge in [0.1, 0.15) is 5.75 Å². The number of halogens is 1. The van der Waals surface area contributed by atoms with E-state index in [1.54, 1.807) is 19.2 Å². The van der Waals surface area contributed by atoms with Crippen molar-refractivity contribution >= 4 is 11.6 Å². The average molecular weight is 196 g/mol. The molecule has 68 valence electrons. The number of nitrogens with zero attached hydrogens (tertiary/aromatic N) is 1. The number of rotatable bonds is 2. The Hall–Kier alpha value is -1.20. The van der Waals surface area contributed by atoms with Gasteiger partial charge >= 0.3 is 0 Å². The van der Waals surface area contributed by atoms with Crippen molar-refractivity contribution in [1.29, 1.82) is 5.26 Å². The number of ether oxygens (including phenoxy) is 1. The summed E-state index contributed by atoms with van der Waals surface area (Å²) in [5, 5.41) is 9.27. The van der Waals surface area contributed by atoms with E-state index in [0.29, 0.717) is 16.3 Å². The number of aryl methyl sites for hydroxylation is 1. The van der Waals surface area contributed by atoms with Crippen LogP contribution in [-0.4, -0.2) is 7.11 Å². The first-order valence-corrected chi connectivity index (χ1v) is 4.37. The molecule has 0 fully saturated rings. The fourth-order valence-electron chi connectivity index (χ4n) is 1.15. The van der Waals surface area contributed by atoms with Crippen molar-refractivity contribution in [3.8, 4) is 11.8 Å². The van der Waals surface area contributed by atoms with Crippen molar-refractivity contribution in [3.05, 3.63) is 28.3 Å². The van der Waals surface area contributed by atoms with Gasteiger partial charge in [-0.25, -0.2) is 0 Å². The molecular weight excluding hydrogens is 186 g/mol. The first kappa shape index (κ1) is 9.88. The van der Waals surface area contributed by atoms with E-state index in [9.17, 15) is 0 Å². The van der Waals surface area contributed by atoms with Crippen molar-refractivity contribution in [2.75, 3.05) is 7.11 Å². The molecule has 0 N–H and O–H groups in total. The minimum absolute atomic E-state index is 0.483. The average Bonchev–Trinajstić information content (AvgIpc) is 2.17. The summed E-state index contributed by atoms with van der Waals surface area (Å²) in [7, 11) is 1.56. The molecule has 0 saturated carbocycles. The quantitative estimate of drug-likeness (QED) is 0.727. The van der Waals surface area contributed by atoms with Gasteiger partial charge in [-0.15, -0.1) is 0 Å². The number of benzene rings is 1. The molecule has 2 nitrogen and oxygen atoms in total. The highest BCUT2D eigenvalue weighted by molar-refractivity contribution is 6.32. The monoisotopic (exact) mass is 195 g/mol. The van der Waals surface area contributed by atoms with Gasteiger partial charge in [-0.1, -0.05) is 18.5 Å². The summed E-state index contributed by atoms with van der Waals surface area (Å²) in [4.78, 5) is 0. The summed E-state index contributed by atoms with van der Waals surface area (Å²) in [6.45, 7) is 1.99. The van der Waals surface area contributed by atoms with E-state index in [1.165, 1.54) is 0 Å². The Bertz CT molecular complexity index is 355. The summed E-state index contributed by atoms with van der Waals surface area (Å²) in [5.41, 5.74) is 1.58. The lowest BCUT2D eigenvalue weighted by molar-refractivity contribution is 0.414. The van der Waals surface area contributed by atoms with Crippen LogP contribution < -0.4 is 4.74 Å². The van der Waals surface area contributed by atoms with Gasteiger partial charge in [-0.3, -0.25) is 0 Å². The Morgan fingerprint density at radius 2 is 2.23 bits per heavy atom. The predicted octanol–water partition coefficient (Wildman–Crippen LogP) is 2.78. The van der Waals surface area contributed by atoms with Crippen LogP contribution in [-0.2, 0) is 6.42 Å². The molecule has 0 atom stereocenters. The summed E-state index contributed by atoms with van der Waals surface area (Å²) < 4.78 is 5.05. The molecular formula is C10H10ClNO.